The number of pyridine rings is 1. The number of rotatable bonds is 5. The lowest BCUT2D eigenvalue weighted by Crippen LogP contribution is -2.27. The van der Waals surface area contributed by atoms with E-state index in [1.54, 1.807) is 24.4 Å². The van der Waals surface area contributed by atoms with Crippen molar-refractivity contribution in [2.75, 3.05) is 0 Å². The van der Waals surface area contributed by atoms with Crippen LogP contribution in [0.5, 0.6) is 0 Å². The highest BCUT2D eigenvalue weighted by Crippen LogP contribution is 2.24. The molecule has 0 saturated heterocycles. The molecule has 0 fully saturated rings. The first-order chi connectivity index (χ1) is 11.9. The first-order valence-electron chi connectivity index (χ1n) is 8.34. The molecule has 4 nitrogen and oxygen atoms in total. The van der Waals surface area contributed by atoms with Crippen LogP contribution in [0.3, 0.4) is 0 Å². The molecule has 0 spiro atoms. The van der Waals surface area contributed by atoms with Crippen LogP contribution in [0.15, 0.2) is 65.7 Å². The number of sulfonamides is 1. The molecule has 0 aliphatic carbocycles. The smallest absolute Gasteiger partial charge is 0.243 e. The summed E-state index contributed by atoms with van der Waals surface area (Å²) in [6.45, 7) is 6.11. The Hall–Kier alpha value is -2.24. The fourth-order valence-corrected chi connectivity index (χ4v) is 4.24. The molecule has 130 valence electrons. The van der Waals surface area contributed by atoms with Gasteiger partial charge in [-0.3, -0.25) is 4.98 Å². The monoisotopic (exact) mass is 354 g/mol. The molecule has 0 aliphatic heterocycles. The Morgan fingerprint density at radius 2 is 1.52 bits per heavy atom. The summed E-state index contributed by atoms with van der Waals surface area (Å²) in [5.41, 5.74) is 2.65. The summed E-state index contributed by atoms with van der Waals surface area (Å²) < 4.78 is 28.5. The molecule has 1 atom stereocenters. The first kappa shape index (κ1) is 17.6. The van der Waals surface area contributed by atoms with Crippen molar-refractivity contribution in [2.45, 2.75) is 37.6 Å². The van der Waals surface area contributed by atoms with Gasteiger partial charge >= 0.3 is 0 Å². The zero-order valence-corrected chi connectivity index (χ0v) is 15.4. The molecule has 1 N–H and O–H groups in total. The number of hydrogen-bond donors (Lipinski definition) is 1. The molecule has 0 bridgehead atoms. The van der Waals surface area contributed by atoms with Crippen LogP contribution in [0.1, 0.15) is 43.9 Å². The van der Waals surface area contributed by atoms with Crippen LogP contribution in [-0.4, -0.2) is 13.4 Å². The third kappa shape index (κ3) is 3.72. The van der Waals surface area contributed by atoms with E-state index >= 15 is 0 Å². The van der Waals surface area contributed by atoms with Gasteiger partial charge in [-0.15, -0.1) is 0 Å². The molecule has 0 aliphatic rings. The summed E-state index contributed by atoms with van der Waals surface area (Å²) in [5, 5.41) is 0.805. The van der Waals surface area contributed by atoms with Gasteiger partial charge < -0.3 is 0 Å². The second kappa shape index (κ2) is 6.94. The molecule has 5 heteroatoms. The van der Waals surface area contributed by atoms with Gasteiger partial charge in [-0.05, 0) is 36.1 Å². The van der Waals surface area contributed by atoms with Crippen LogP contribution in [-0.2, 0) is 10.0 Å². The quantitative estimate of drug-likeness (QED) is 0.739. The lowest BCUT2D eigenvalue weighted by Gasteiger charge is -2.16. The molecular weight excluding hydrogens is 332 g/mol. The second-order valence-corrected chi connectivity index (χ2v) is 8.18. The van der Waals surface area contributed by atoms with Crippen molar-refractivity contribution in [3.8, 4) is 0 Å². The number of hydrogen-bond acceptors (Lipinski definition) is 3. The predicted octanol–water partition coefficient (Wildman–Crippen LogP) is 4.40. The fourth-order valence-electron chi connectivity index (χ4n) is 2.83. The highest BCUT2D eigenvalue weighted by atomic mass is 32.2. The molecular formula is C20H22N2O2S. The van der Waals surface area contributed by atoms with Gasteiger partial charge in [-0.1, -0.05) is 56.3 Å². The van der Waals surface area contributed by atoms with Crippen molar-refractivity contribution in [3.63, 3.8) is 0 Å². The molecule has 3 aromatic rings. The van der Waals surface area contributed by atoms with E-state index < -0.39 is 10.0 Å². The van der Waals surface area contributed by atoms with E-state index in [1.807, 2.05) is 43.3 Å². The molecule has 25 heavy (non-hydrogen) atoms. The van der Waals surface area contributed by atoms with Gasteiger partial charge in [0.1, 0.15) is 4.90 Å². The zero-order valence-electron chi connectivity index (χ0n) is 14.6. The Kier molecular flexibility index (Phi) is 4.88. The lowest BCUT2D eigenvalue weighted by molar-refractivity contribution is 0.567. The molecule has 3 rings (SSSR count). The van der Waals surface area contributed by atoms with E-state index in [9.17, 15) is 8.42 Å². The summed E-state index contributed by atoms with van der Waals surface area (Å²) in [6.07, 6.45) is 1.61. The van der Waals surface area contributed by atoms with Gasteiger partial charge in [0.15, 0.2) is 0 Å². The van der Waals surface area contributed by atoms with Gasteiger partial charge in [-0.25, -0.2) is 13.1 Å². The van der Waals surface area contributed by atoms with Crippen LogP contribution in [0, 0.1) is 0 Å². The van der Waals surface area contributed by atoms with E-state index in [-0.39, 0.29) is 10.9 Å². The number of benzene rings is 2. The van der Waals surface area contributed by atoms with E-state index in [2.05, 4.69) is 23.6 Å². The Labute approximate surface area is 149 Å². The molecule has 1 heterocycles. The van der Waals surface area contributed by atoms with Gasteiger partial charge in [0.25, 0.3) is 0 Å². The molecule has 0 amide bonds. The highest BCUT2D eigenvalue weighted by molar-refractivity contribution is 7.89. The van der Waals surface area contributed by atoms with E-state index in [1.165, 1.54) is 5.56 Å². The summed E-state index contributed by atoms with van der Waals surface area (Å²) in [5.74, 6) is 0.447. The van der Waals surface area contributed by atoms with Crippen LogP contribution in [0.4, 0.5) is 0 Å². The van der Waals surface area contributed by atoms with Crippen LogP contribution < -0.4 is 4.72 Å². The maximum atomic E-state index is 12.9. The Morgan fingerprint density at radius 1 is 0.880 bits per heavy atom. The minimum absolute atomic E-state index is 0.205. The summed E-state index contributed by atoms with van der Waals surface area (Å²) in [7, 11) is -3.67. The summed E-state index contributed by atoms with van der Waals surface area (Å²) in [6, 6.07) is 16.6. The molecule has 1 unspecified atom stereocenters. The normalized spacial score (nSPS) is 13.3. The Morgan fingerprint density at radius 3 is 2.20 bits per heavy atom. The minimum Gasteiger partial charge on any atom is -0.255 e. The van der Waals surface area contributed by atoms with Crippen molar-refractivity contribution >= 4 is 20.9 Å². The summed E-state index contributed by atoms with van der Waals surface area (Å²) >= 11 is 0. The maximum Gasteiger partial charge on any atom is 0.243 e. The van der Waals surface area contributed by atoms with Gasteiger partial charge in [0.2, 0.25) is 10.0 Å². The Bertz CT molecular complexity index is 975. The minimum atomic E-state index is -3.67. The van der Waals surface area contributed by atoms with E-state index in [0.29, 0.717) is 11.4 Å². The van der Waals surface area contributed by atoms with Crippen molar-refractivity contribution in [1.29, 1.82) is 0 Å². The number of aromatic nitrogens is 1. The highest BCUT2D eigenvalue weighted by Gasteiger charge is 2.21. The lowest BCUT2D eigenvalue weighted by atomic mass is 10.00. The van der Waals surface area contributed by atoms with Crippen molar-refractivity contribution in [2.24, 2.45) is 0 Å². The van der Waals surface area contributed by atoms with Crippen molar-refractivity contribution in [3.05, 3.63) is 71.9 Å². The van der Waals surface area contributed by atoms with Crippen LogP contribution in [0.25, 0.3) is 10.9 Å². The molecule has 2 aromatic carbocycles. The fraction of sp³-hybridized carbons (Fsp3) is 0.250. The number of nitrogens with zero attached hydrogens (tertiary/aromatic N) is 1. The molecule has 0 saturated carbocycles. The first-order valence-corrected chi connectivity index (χ1v) is 9.83. The number of fused-ring (bicyclic) bond motifs is 1. The zero-order chi connectivity index (χ0) is 18.0. The SMILES string of the molecule is CC(C)c1ccc(C(C)NS(=O)(=O)c2cccc3cccnc23)cc1. The van der Waals surface area contributed by atoms with Gasteiger partial charge in [-0.2, -0.15) is 0 Å². The van der Waals surface area contributed by atoms with Crippen LogP contribution in [0.2, 0.25) is 0 Å². The number of para-hydroxylation sites is 1. The summed E-state index contributed by atoms with van der Waals surface area (Å²) in [4.78, 5) is 4.44. The van der Waals surface area contributed by atoms with E-state index in [0.717, 1.165) is 10.9 Å². The molecule has 1 aromatic heterocycles. The average Bonchev–Trinajstić information content (AvgIpc) is 2.61. The largest absolute Gasteiger partial charge is 0.255 e. The van der Waals surface area contributed by atoms with Crippen molar-refractivity contribution < 1.29 is 8.42 Å². The molecule has 0 radical (unpaired) electrons. The third-order valence-corrected chi connectivity index (χ3v) is 5.89. The number of nitrogens with one attached hydrogen (secondary N) is 1. The van der Waals surface area contributed by atoms with Gasteiger partial charge in [0.05, 0.1) is 5.52 Å². The second-order valence-electron chi connectivity index (χ2n) is 6.50. The maximum absolute atomic E-state index is 12.9. The predicted molar refractivity (Wildman–Crippen MR) is 101 cm³/mol. The average molecular weight is 354 g/mol. The third-order valence-electron chi connectivity index (χ3n) is 4.32. The Balaban J connectivity index is 1.90. The van der Waals surface area contributed by atoms with Gasteiger partial charge in [0, 0.05) is 17.6 Å². The van der Waals surface area contributed by atoms with E-state index in [4.69, 9.17) is 0 Å². The van der Waals surface area contributed by atoms with Crippen LogP contribution >= 0.6 is 0 Å². The standard InChI is InChI=1S/C20H22N2O2S/c1-14(2)16-9-11-17(12-10-16)15(3)22-25(23,24)19-8-4-6-18-7-5-13-21-20(18)19/h4-15,22H,1-3H3. The topological polar surface area (TPSA) is 59.1 Å². The van der Waals surface area contributed by atoms with Crippen molar-refractivity contribution in [1.82, 2.24) is 9.71 Å².